The highest BCUT2D eigenvalue weighted by atomic mass is 28.4. The largest absolute Gasteiger partial charge is 0.415 e. The molecule has 3 heteroatoms. The van der Waals surface area contributed by atoms with Crippen LogP contribution in [0, 0.1) is 6.23 Å². The van der Waals surface area contributed by atoms with Gasteiger partial charge in [-0.25, -0.2) is 0 Å². The van der Waals surface area contributed by atoms with Crippen LogP contribution in [0.3, 0.4) is 0 Å². The molecular weight excluding hydrogens is 156 g/mol. The third-order valence-electron chi connectivity index (χ3n) is 1.21. The molecule has 0 heterocycles. The Morgan fingerprint density at radius 3 is 2.36 bits per heavy atom. The Bertz CT molecular complexity index is 94.1. The lowest BCUT2D eigenvalue weighted by atomic mass is 10.5. The second-order valence-corrected chi connectivity index (χ2v) is 6.76. The van der Waals surface area contributed by atoms with E-state index in [1.807, 2.05) is 13.2 Å². The van der Waals surface area contributed by atoms with Gasteiger partial charge in [0.25, 0.3) is 0 Å². The zero-order chi connectivity index (χ0) is 8.74. The normalized spacial score (nSPS) is 12.0. The van der Waals surface area contributed by atoms with Crippen LogP contribution in [0.2, 0.25) is 13.1 Å². The lowest BCUT2D eigenvalue weighted by Gasteiger charge is -2.20. The summed E-state index contributed by atoms with van der Waals surface area (Å²) >= 11 is 0. The lowest BCUT2D eigenvalue weighted by Crippen LogP contribution is -2.32. The maximum Gasteiger partial charge on any atom is 0.217 e. The number of hydrogen-bond donors (Lipinski definition) is 0. The molecule has 0 bridgehead atoms. The van der Waals surface area contributed by atoms with Gasteiger partial charge in [-0.1, -0.05) is 6.92 Å². The van der Waals surface area contributed by atoms with E-state index in [4.69, 9.17) is 9.16 Å². The van der Waals surface area contributed by atoms with Gasteiger partial charge in [0, 0.05) is 13.2 Å². The molecule has 11 heavy (non-hydrogen) atoms. The van der Waals surface area contributed by atoms with Gasteiger partial charge in [0.2, 0.25) is 8.32 Å². The van der Waals surface area contributed by atoms with Crippen molar-refractivity contribution in [3.8, 4) is 0 Å². The van der Waals surface area contributed by atoms with E-state index in [0.717, 1.165) is 19.6 Å². The van der Waals surface area contributed by atoms with Gasteiger partial charge < -0.3 is 9.16 Å². The van der Waals surface area contributed by atoms with Crippen LogP contribution in [0.5, 0.6) is 0 Å². The maximum atomic E-state index is 5.53. The van der Waals surface area contributed by atoms with Crippen molar-refractivity contribution in [3.63, 3.8) is 0 Å². The summed E-state index contributed by atoms with van der Waals surface area (Å²) in [7, 11) is -1.59. The van der Waals surface area contributed by atoms with Crippen molar-refractivity contribution in [1.29, 1.82) is 0 Å². The van der Waals surface area contributed by atoms with Gasteiger partial charge in [0.1, 0.15) is 6.23 Å². The van der Waals surface area contributed by atoms with Crippen molar-refractivity contribution < 1.29 is 9.16 Å². The van der Waals surface area contributed by atoms with Crippen molar-refractivity contribution in [2.45, 2.75) is 33.4 Å². The molecule has 0 aromatic heterocycles. The molecular formula is C8H19O2Si. The molecule has 0 N–H and O–H groups in total. The first kappa shape index (κ1) is 11.1. The van der Waals surface area contributed by atoms with Crippen molar-refractivity contribution in [2.24, 2.45) is 0 Å². The fourth-order valence-corrected chi connectivity index (χ4v) is 2.11. The average molecular weight is 175 g/mol. The molecule has 0 aliphatic rings. The van der Waals surface area contributed by atoms with Gasteiger partial charge in [-0.05, 0) is 26.4 Å². The lowest BCUT2D eigenvalue weighted by molar-refractivity contribution is 0.204. The van der Waals surface area contributed by atoms with E-state index in [9.17, 15) is 0 Å². The molecule has 67 valence electrons. The van der Waals surface area contributed by atoms with Crippen molar-refractivity contribution in [2.75, 3.05) is 13.2 Å². The summed E-state index contributed by atoms with van der Waals surface area (Å²) in [4.78, 5) is 0. The molecule has 2 nitrogen and oxygen atoms in total. The van der Waals surface area contributed by atoms with E-state index in [-0.39, 0.29) is 0 Å². The van der Waals surface area contributed by atoms with Crippen LogP contribution < -0.4 is 0 Å². The molecule has 0 saturated carbocycles. The molecule has 0 aliphatic carbocycles. The van der Waals surface area contributed by atoms with E-state index in [0.29, 0.717) is 0 Å². The van der Waals surface area contributed by atoms with Gasteiger partial charge in [-0.15, -0.1) is 0 Å². The predicted molar refractivity (Wildman–Crippen MR) is 49.7 cm³/mol. The smallest absolute Gasteiger partial charge is 0.217 e. The second kappa shape index (κ2) is 5.74. The van der Waals surface area contributed by atoms with Crippen LogP contribution in [0.1, 0.15) is 20.3 Å². The van der Waals surface area contributed by atoms with E-state index < -0.39 is 8.32 Å². The Balaban J connectivity index is 3.38. The van der Waals surface area contributed by atoms with E-state index in [1.165, 1.54) is 0 Å². The molecule has 0 spiro atoms. The summed E-state index contributed by atoms with van der Waals surface area (Å²) in [6, 6.07) is 0. The fraction of sp³-hybridized carbons (Fsp3) is 0.875. The van der Waals surface area contributed by atoms with Crippen LogP contribution >= 0.6 is 0 Å². The third kappa shape index (κ3) is 6.53. The minimum atomic E-state index is -1.59. The average Bonchev–Trinajstić information content (AvgIpc) is 1.87. The molecule has 0 aromatic rings. The fourth-order valence-electron chi connectivity index (χ4n) is 0.783. The van der Waals surface area contributed by atoms with E-state index >= 15 is 0 Å². The molecule has 0 saturated heterocycles. The molecule has 1 radical (unpaired) electrons. The summed E-state index contributed by atoms with van der Waals surface area (Å²) in [5.74, 6) is 0. The summed E-state index contributed by atoms with van der Waals surface area (Å²) in [5.41, 5.74) is 0. The first-order valence-electron chi connectivity index (χ1n) is 4.22. The Kier molecular flexibility index (Phi) is 5.82. The highest BCUT2D eigenvalue weighted by Crippen LogP contribution is 2.08. The topological polar surface area (TPSA) is 18.5 Å². The summed E-state index contributed by atoms with van der Waals surface area (Å²) in [6.07, 6.45) is 2.97. The first-order valence-corrected chi connectivity index (χ1v) is 7.21. The summed E-state index contributed by atoms with van der Waals surface area (Å²) in [6.45, 7) is 9.97. The first-order chi connectivity index (χ1) is 5.12. The van der Waals surface area contributed by atoms with Crippen LogP contribution in [0.15, 0.2) is 0 Å². The molecule has 0 fully saturated rings. The Hall–Kier alpha value is 0.137. The van der Waals surface area contributed by atoms with Crippen LogP contribution in [0.25, 0.3) is 0 Å². The van der Waals surface area contributed by atoms with Crippen LogP contribution in [-0.4, -0.2) is 21.5 Å². The minimum Gasteiger partial charge on any atom is -0.415 e. The minimum absolute atomic E-state index is 0.783. The Morgan fingerprint density at radius 1 is 1.27 bits per heavy atom. The van der Waals surface area contributed by atoms with Crippen LogP contribution in [0.4, 0.5) is 0 Å². The monoisotopic (exact) mass is 175 g/mol. The number of hydrogen-bond acceptors (Lipinski definition) is 2. The summed E-state index contributed by atoms with van der Waals surface area (Å²) in [5, 5.41) is 0. The summed E-state index contributed by atoms with van der Waals surface area (Å²) < 4.78 is 10.8. The Morgan fingerprint density at radius 2 is 1.91 bits per heavy atom. The molecule has 0 rings (SSSR count). The SMILES string of the molecule is CCCO[CH][Si](C)(C)OCC. The maximum absolute atomic E-state index is 5.53. The molecule has 0 atom stereocenters. The zero-order valence-corrected chi connectivity index (χ0v) is 9.02. The standard InChI is InChI=1S/C8H19O2Si/c1-5-7-9-8-11(3,4)10-6-2/h8H,5-7H2,1-4H3. The zero-order valence-electron chi connectivity index (χ0n) is 8.02. The van der Waals surface area contributed by atoms with Crippen molar-refractivity contribution in [3.05, 3.63) is 6.23 Å². The molecule has 0 amide bonds. The van der Waals surface area contributed by atoms with Gasteiger partial charge in [0.15, 0.2) is 0 Å². The van der Waals surface area contributed by atoms with Gasteiger partial charge in [-0.2, -0.15) is 0 Å². The number of ether oxygens (including phenoxy) is 1. The van der Waals surface area contributed by atoms with Gasteiger partial charge in [0.05, 0.1) is 0 Å². The van der Waals surface area contributed by atoms with Crippen molar-refractivity contribution >= 4 is 8.32 Å². The highest BCUT2D eigenvalue weighted by Gasteiger charge is 2.22. The second-order valence-electron chi connectivity index (χ2n) is 3.03. The predicted octanol–water partition coefficient (Wildman–Crippen LogP) is 2.36. The van der Waals surface area contributed by atoms with Gasteiger partial charge >= 0.3 is 0 Å². The molecule has 0 aliphatic heterocycles. The number of rotatable bonds is 6. The molecule has 0 aromatic carbocycles. The quantitative estimate of drug-likeness (QED) is 0.456. The van der Waals surface area contributed by atoms with E-state index in [2.05, 4.69) is 20.0 Å². The van der Waals surface area contributed by atoms with Crippen molar-refractivity contribution in [1.82, 2.24) is 0 Å². The highest BCUT2D eigenvalue weighted by molar-refractivity contribution is 6.74. The Labute approximate surface area is 71.0 Å². The van der Waals surface area contributed by atoms with Gasteiger partial charge in [-0.3, -0.25) is 0 Å². The van der Waals surface area contributed by atoms with E-state index in [1.54, 1.807) is 0 Å². The molecule has 0 unspecified atom stereocenters. The third-order valence-corrected chi connectivity index (χ3v) is 2.97. The van der Waals surface area contributed by atoms with Crippen LogP contribution in [-0.2, 0) is 9.16 Å².